The van der Waals surface area contributed by atoms with E-state index >= 15 is 0 Å². The summed E-state index contributed by atoms with van der Waals surface area (Å²) in [6, 6.07) is 7.97. The molecule has 1 saturated carbocycles. The number of piperidine rings is 1. The standard InChI is InChI=1S/C23H28N6O2/c1-16(29-15-25-14-27-29)22(31)28-8-6-23(7-9-28)11-18(21(23)30)10-17-4-2-3-5-19(17)20-12-24-13-26-20/h2-5,12-16,18,21,30H,6-11H2,1H3,(H,24,26)/t16?,18-,21-/m1/s1. The van der Waals surface area contributed by atoms with Crippen molar-refractivity contribution < 1.29 is 9.90 Å². The lowest BCUT2D eigenvalue weighted by Crippen LogP contribution is -2.59. The maximum absolute atomic E-state index is 12.8. The summed E-state index contributed by atoms with van der Waals surface area (Å²) in [6.07, 6.45) is 9.79. The van der Waals surface area contributed by atoms with Crippen LogP contribution in [0.3, 0.4) is 0 Å². The van der Waals surface area contributed by atoms with Gasteiger partial charge in [-0.25, -0.2) is 14.6 Å². The van der Waals surface area contributed by atoms with Crippen molar-refractivity contribution in [1.29, 1.82) is 0 Å². The van der Waals surface area contributed by atoms with E-state index in [4.69, 9.17) is 0 Å². The van der Waals surface area contributed by atoms with E-state index in [0.717, 1.165) is 36.9 Å². The molecule has 1 spiro atoms. The summed E-state index contributed by atoms with van der Waals surface area (Å²) in [6.45, 7) is 3.23. The van der Waals surface area contributed by atoms with E-state index in [0.29, 0.717) is 13.1 Å². The molecule has 0 radical (unpaired) electrons. The average Bonchev–Trinajstić information content (AvgIpc) is 3.53. The Kier molecular flexibility index (Phi) is 5.09. The summed E-state index contributed by atoms with van der Waals surface area (Å²) >= 11 is 0. The summed E-state index contributed by atoms with van der Waals surface area (Å²) in [7, 11) is 0. The van der Waals surface area contributed by atoms with Crippen molar-refractivity contribution in [2.45, 2.75) is 44.8 Å². The van der Waals surface area contributed by atoms with Gasteiger partial charge in [0.1, 0.15) is 18.7 Å². The van der Waals surface area contributed by atoms with Gasteiger partial charge in [0.05, 0.1) is 24.3 Å². The zero-order valence-electron chi connectivity index (χ0n) is 17.7. The van der Waals surface area contributed by atoms with Gasteiger partial charge in [-0.2, -0.15) is 5.10 Å². The molecule has 5 rings (SSSR count). The fourth-order valence-electron chi connectivity index (χ4n) is 5.39. The van der Waals surface area contributed by atoms with Crippen LogP contribution in [0.15, 0.2) is 49.4 Å². The van der Waals surface area contributed by atoms with Crippen molar-refractivity contribution in [2.24, 2.45) is 11.3 Å². The number of H-pyrrole nitrogens is 1. The Morgan fingerprint density at radius 3 is 2.77 bits per heavy atom. The summed E-state index contributed by atoms with van der Waals surface area (Å²) in [5.74, 6) is 0.319. The van der Waals surface area contributed by atoms with Crippen molar-refractivity contribution in [2.75, 3.05) is 13.1 Å². The van der Waals surface area contributed by atoms with Crippen LogP contribution in [0.1, 0.15) is 37.8 Å². The van der Waals surface area contributed by atoms with Crippen LogP contribution >= 0.6 is 0 Å². The number of nitrogens with zero attached hydrogens (tertiary/aromatic N) is 5. The molecular formula is C23H28N6O2. The van der Waals surface area contributed by atoms with Crippen molar-refractivity contribution in [3.05, 3.63) is 55.0 Å². The van der Waals surface area contributed by atoms with Gasteiger partial charge in [-0.3, -0.25) is 4.79 Å². The number of amides is 1. The number of aliphatic hydroxyl groups is 1. The van der Waals surface area contributed by atoms with E-state index in [1.54, 1.807) is 17.3 Å². The number of hydrogen-bond acceptors (Lipinski definition) is 5. The van der Waals surface area contributed by atoms with E-state index in [9.17, 15) is 9.90 Å². The minimum Gasteiger partial charge on any atom is -0.392 e. The van der Waals surface area contributed by atoms with Crippen molar-refractivity contribution in [1.82, 2.24) is 29.6 Å². The molecule has 2 aromatic heterocycles. The fraction of sp³-hybridized carbons (Fsp3) is 0.478. The molecule has 1 aromatic carbocycles. The van der Waals surface area contributed by atoms with Gasteiger partial charge in [-0.05, 0) is 44.1 Å². The molecule has 1 saturated heterocycles. The number of benzene rings is 1. The summed E-state index contributed by atoms with van der Waals surface area (Å²) in [5.41, 5.74) is 3.34. The van der Waals surface area contributed by atoms with Gasteiger partial charge in [0.15, 0.2) is 0 Å². The summed E-state index contributed by atoms with van der Waals surface area (Å²) in [5, 5.41) is 15.2. The number of rotatable bonds is 5. The lowest BCUT2D eigenvalue weighted by Gasteiger charge is -2.56. The minimum absolute atomic E-state index is 0.0547. The third kappa shape index (κ3) is 3.54. The van der Waals surface area contributed by atoms with Crippen molar-refractivity contribution in [3.8, 4) is 11.3 Å². The fourth-order valence-corrected chi connectivity index (χ4v) is 5.39. The molecule has 1 aliphatic carbocycles. The molecule has 2 N–H and O–H groups in total. The molecule has 1 unspecified atom stereocenters. The highest BCUT2D eigenvalue weighted by Gasteiger charge is 2.54. The Morgan fingerprint density at radius 2 is 2.10 bits per heavy atom. The first-order valence-corrected chi connectivity index (χ1v) is 10.9. The molecule has 1 amide bonds. The van der Waals surface area contributed by atoms with Crippen LogP contribution in [0.2, 0.25) is 0 Å². The number of hydrogen-bond donors (Lipinski definition) is 2. The third-order valence-corrected chi connectivity index (χ3v) is 7.29. The highest BCUT2D eigenvalue weighted by Crippen LogP contribution is 2.54. The minimum atomic E-state index is -0.352. The Labute approximate surface area is 181 Å². The maximum atomic E-state index is 12.8. The predicted molar refractivity (Wildman–Crippen MR) is 115 cm³/mol. The largest absolute Gasteiger partial charge is 0.392 e. The van der Waals surface area contributed by atoms with Crippen LogP contribution < -0.4 is 0 Å². The van der Waals surface area contributed by atoms with Crippen molar-refractivity contribution >= 4 is 5.91 Å². The number of aromatic nitrogens is 5. The molecular weight excluding hydrogens is 392 g/mol. The van der Waals surface area contributed by atoms with Gasteiger partial charge in [0.25, 0.3) is 0 Å². The van der Waals surface area contributed by atoms with Gasteiger partial charge < -0.3 is 15.0 Å². The van der Waals surface area contributed by atoms with Crippen LogP contribution in [0.5, 0.6) is 0 Å². The number of aromatic amines is 1. The van der Waals surface area contributed by atoms with E-state index in [1.807, 2.05) is 24.1 Å². The molecule has 2 aliphatic rings. The normalized spacial score (nSPS) is 23.5. The Balaban J connectivity index is 1.20. The molecule has 8 heteroatoms. The first-order chi connectivity index (χ1) is 15.1. The van der Waals surface area contributed by atoms with Gasteiger partial charge in [-0.15, -0.1) is 0 Å². The van der Waals surface area contributed by atoms with Gasteiger partial charge in [0.2, 0.25) is 5.91 Å². The molecule has 8 nitrogen and oxygen atoms in total. The first-order valence-electron chi connectivity index (χ1n) is 10.9. The highest BCUT2D eigenvalue weighted by atomic mass is 16.3. The van der Waals surface area contributed by atoms with Crippen LogP contribution in [0, 0.1) is 11.3 Å². The second-order valence-electron chi connectivity index (χ2n) is 8.97. The smallest absolute Gasteiger partial charge is 0.247 e. The number of carbonyl (C=O) groups excluding carboxylic acids is 1. The zero-order valence-corrected chi connectivity index (χ0v) is 17.7. The van der Waals surface area contributed by atoms with E-state index in [2.05, 4.69) is 38.2 Å². The zero-order chi connectivity index (χ0) is 21.4. The second kappa shape index (κ2) is 7.92. The van der Waals surface area contributed by atoms with Gasteiger partial charge >= 0.3 is 0 Å². The summed E-state index contributed by atoms with van der Waals surface area (Å²) in [4.78, 5) is 26.0. The average molecular weight is 421 g/mol. The molecule has 3 aromatic rings. The summed E-state index contributed by atoms with van der Waals surface area (Å²) < 4.78 is 1.60. The Bertz CT molecular complexity index is 1020. The lowest BCUT2D eigenvalue weighted by atomic mass is 9.54. The van der Waals surface area contributed by atoms with Crippen LogP contribution in [-0.4, -0.2) is 59.8 Å². The molecule has 31 heavy (non-hydrogen) atoms. The third-order valence-electron chi connectivity index (χ3n) is 7.29. The number of nitrogens with one attached hydrogen (secondary N) is 1. The lowest BCUT2D eigenvalue weighted by molar-refractivity contribution is -0.159. The monoisotopic (exact) mass is 420 g/mol. The number of aliphatic hydroxyl groups excluding tert-OH is 1. The predicted octanol–water partition coefficient (Wildman–Crippen LogP) is 2.46. The molecule has 0 bridgehead atoms. The van der Waals surface area contributed by atoms with Crippen LogP contribution in [0.25, 0.3) is 11.3 Å². The van der Waals surface area contributed by atoms with E-state index in [-0.39, 0.29) is 29.4 Å². The first kappa shape index (κ1) is 19.9. The second-order valence-corrected chi connectivity index (χ2v) is 8.97. The van der Waals surface area contributed by atoms with E-state index in [1.165, 1.54) is 11.9 Å². The molecule has 1 aliphatic heterocycles. The van der Waals surface area contributed by atoms with Crippen LogP contribution in [0.4, 0.5) is 0 Å². The van der Waals surface area contributed by atoms with Crippen LogP contribution in [-0.2, 0) is 11.2 Å². The van der Waals surface area contributed by atoms with Crippen molar-refractivity contribution in [3.63, 3.8) is 0 Å². The van der Waals surface area contributed by atoms with Gasteiger partial charge in [-0.1, -0.05) is 24.3 Å². The molecule has 162 valence electrons. The SMILES string of the molecule is CC(C(=O)N1CCC2(CC1)C[C@@H](Cc1ccccc1-c1cnc[nH]1)[C@H]2O)n1cncn1. The van der Waals surface area contributed by atoms with E-state index < -0.39 is 0 Å². The quantitative estimate of drug-likeness (QED) is 0.660. The molecule has 2 fully saturated rings. The number of imidazole rings is 1. The van der Waals surface area contributed by atoms with Gasteiger partial charge in [0, 0.05) is 24.1 Å². The molecule has 3 atom stereocenters. The number of carbonyl (C=O) groups is 1. The maximum Gasteiger partial charge on any atom is 0.247 e. The Morgan fingerprint density at radius 1 is 1.29 bits per heavy atom. The number of likely N-dealkylation sites (tertiary alicyclic amines) is 1. The Hall–Kier alpha value is -3.00. The molecule has 3 heterocycles. The topological polar surface area (TPSA) is 99.9 Å². The highest BCUT2D eigenvalue weighted by molar-refractivity contribution is 5.80.